The summed E-state index contributed by atoms with van der Waals surface area (Å²) in [6.07, 6.45) is 1.17. The lowest BCUT2D eigenvalue weighted by molar-refractivity contribution is -0.120. The normalized spacial score (nSPS) is 16.6. The number of aryl methyl sites for hydroxylation is 2. The van der Waals surface area contributed by atoms with Crippen molar-refractivity contribution in [1.82, 2.24) is 14.3 Å². The molecule has 1 aliphatic heterocycles. The number of carbonyl (C=O) groups is 1. The van der Waals surface area contributed by atoms with Crippen molar-refractivity contribution < 1.29 is 17.9 Å². The van der Waals surface area contributed by atoms with Crippen LogP contribution in [0.3, 0.4) is 0 Å². The molecule has 1 atom stereocenters. The highest BCUT2D eigenvalue weighted by Crippen LogP contribution is 2.28. The lowest BCUT2D eigenvalue weighted by Gasteiger charge is -2.31. The Labute approximate surface area is 204 Å². The molecule has 35 heavy (non-hydrogen) atoms. The second-order valence-electron chi connectivity index (χ2n) is 8.64. The zero-order valence-corrected chi connectivity index (χ0v) is 20.7. The SMILES string of the molecule is COc1ccc(S(=O)(=O)N2CCC[C@@H](C(=O)Nc3cccc(-c4nc(C)cc(=O)[nH]4)c3)C2)cc1C. The van der Waals surface area contributed by atoms with Crippen LogP contribution in [0.4, 0.5) is 5.69 Å². The van der Waals surface area contributed by atoms with Crippen LogP contribution in [0.25, 0.3) is 11.4 Å². The maximum atomic E-state index is 13.2. The first-order chi connectivity index (χ1) is 16.7. The van der Waals surface area contributed by atoms with E-state index in [2.05, 4.69) is 15.3 Å². The van der Waals surface area contributed by atoms with E-state index in [1.54, 1.807) is 50.2 Å². The molecule has 0 radical (unpaired) electrons. The van der Waals surface area contributed by atoms with E-state index in [1.165, 1.54) is 23.5 Å². The smallest absolute Gasteiger partial charge is 0.251 e. The molecule has 2 heterocycles. The van der Waals surface area contributed by atoms with Crippen molar-refractivity contribution in [3.05, 3.63) is 70.1 Å². The van der Waals surface area contributed by atoms with Gasteiger partial charge in [-0.2, -0.15) is 4.31 Å². The summed E-state index contributed by atoms with van der Waals surface area (Å²) in [6.45, 7) is 3.99. The van der Waals surface area contributed by atoms with Crippen LogP contribution in [0.15, 0.2) is 58.2 Å². The molecule has 0 aliphatic carbocycles. The molecule has 1 fully saturated rings. The largest absolute Gasteiger partial charge is 0.496 e. The minimum atomic E-state index is -3.74. The number of H-pyrrole nitrogens is 1. The van der Waals surface area contributed by atoms with Gasteiger partial charge in [-0.05, 0) is 62.6 Å². The number of nitrogens with one attached hydrogen (secondary N) is 2. The number of amides is 1. The molecule has 0 saturated carbocycles. The average molecular weight is 497 g/mol. The molecule has 9 nitrogen and oxygen atoms in total. The average Bonchev–Trinajstić information content (AvgIpc) is 2.83. The van der Waals surface area contributed by atoms with Gasteiger partial charge < -0.3 is 15.0 Å². The van der Waals surface area contributed by atoms with E-state index >= 15 is 0 Å². The molecular formula is C25H28N4O5S. The van der Waals surface area contributed by atoms with Crippen LogP contribution < -0.4 is 15.6 Å². The van der Waals surface area contributed by atoms with Crippen LogP contribution in [0.2, 0.25) is 0 Å². The van der Waals surface area contributed by atoms with Crippen LogP contribution in [0, 0.1) is 19.8 Å². The predicted molar refractivity (Wildman–Crippen MR) is 133 cm³/mol. The van der Waals surface area contributed by atoms with Gasteiger partial charge in [0.25, 0.3) is 5.56 Å². The van der Waals surface area contributed by atoms with Crippen molar-refractivity contribution in [3.8, 4) is 17.1 Å². The maximum absolute atomic E-state index is 13.2. The fourth-order valence-electron chi connectivity index (χ4n) is 4.24. The van der Waals surface area contributed by atoms with Crippen molar-refractivity contribution in [2.75, 3.05) is 25.5 Å². The van der Waals surface area contributed by atoms with Crippen molar-refractivity contribution >= 4 is 21.6 Å². The molecule has 1 amide bonds. The van der Waals surface area contributed by atoms with E-state index < -0.39 is 15.9 Å². The summed E-state index contributed by atoms with van der Waals surface area (Å²) in [5, 5.41) is 2.89. The zero-order valence-electron chi connectivity index (χ0n) is 19.9. The minimum Gasteiger partial charge on any atom is -0.496 e. The van der Waals surface area contributed by atoms with Crippen molar-refractivity contribution in [3.63, 3.8) is 0 Å². The van der Waals surface area contributed by atoms with Crippen LogP contribution in [0.1, 0.15) is 24.1 Å². The second-order valence-corrected chi connectivity index (χ2v) is 10.6. The molecule has 2 aromatic carbocycles. The van der Waals surface area contributed by atoms with E-state index in [4.69, 9.17) is 4.74 Å². The van der Waals surface area contributed by atoms with Crippen molar-refractivity contribution in [2.45, 2.75) is 31.6 Å². The number of hydrogen-bond donors (Lipinski definition) is 2. The number of piperidine rings is 1. The fraction of sp³-hybridized carbons (Fsp3) is 0.320. The number of hydrogen-bond acceptors (Lipinski definition) is 6. The van der Waals surface area contributed by atoms with Gasteiger partial charge in [0.05, 0.1) is 17.9 Å². The van der Waals surface area contributed by atoms with Gasteiger partial charge in [-0.1, -0.05) is 12.1 Å². The molecule has 10 heteroatoms. The molecule has 0 unspecified atom stereocenters. The third-order valence-electron chi connectivity index (χ3n) is 6.03. The summed E-state index contributed by atoms with van der Waals surface area (Å²) < 4.78 is 33.1. The van der Waals surface area contributed by atoms with E-state index in [0.29, 0.717) is 47.9 Å². The number of carbonyl (C=O) groups excluding carboxylic acids is 1. The van der Waals surface area contributed by atoms with E-state index in [-0.39, 0.29) is 22.9 Å². The number of rotatable bonds is 6. The first kappa shape index (κ1) is 24.6. The fourth-order valence-corrected chi connectivity index (χ4v) is 5.85. The summed E-state index contributed by atoms with van der Waals surface area (Å²) in [4.78, 5) is 32.1. The van der Waals surface area contributed by atoms with E-state index in [9.17, 15) is 18.0 Å². The van der Waals surface area contributed by atoms with Gasteiger partial charge in [0.15, 0.2) is 0 Å². The highest BCUT2D eigenvalue weighted by Gasteiger charge is 2.33. The first-order valence-corrected chi connectivity index (χ1v) is 12.8. The number of aromatic nitrogens is 2. The third kappa shape index (κ3) is 5.44. The number of nitrogens with zero attached hydrogens (tertiary/aromatic N) is 2. The molecule has 3 aromatic rings. The van der Waals surface area contributed by atoms with Gasteiger partial charge in [-0.25, -0.2) is 13.4 Å². The van der Waals surface area contributed by atoms with Crippen LogP contribution in [-0.4, -0.2) is 48.8 Å². The van der Waals surface area contributed by atoms with Gasteiger partial charge in [0, 0.05) is 36.1 Å². The zero-order chi connectivity index (χ0) is 25.2. The highest BCUT2D eigenvalue weighted by atomic mass is 32.2. The molecule has 184 valence electrons. The summed E-state index contributed by atoms with van der Waals surface area (Å²) in [5.41, 5.74) is 2.27. The van der Waals surface area contributed by atoms with Gasteiger partial charge in [0.2, 0.25) is 15.9 Å². The minimum absolute atomic E-state index is 0.103. The van der Waals surface area contributed by atoms with Crippen LogP contribution in [0.5, 0.6) is 5.75 Å². The Hall–Kier alpha value is -3.50. The van der Waals surface area contributed by atoms with E-state index in [1.807, 2.05) is 0 Å². The van der Waals surface area contributed by atoms with Gasteiger partial charge in [0.1, 0.15) is 11.6 Å². The molecule has 1 aliphatic rings. The Bertz CT molecular complexity index is 1420. The molecule has 1 aromatic heterocycles. The molecule has 0 spiro atoms. The van der Waals surface area contributed by atoms with Gasteiger partial charge in [-0.15, -0.1) is 0 Å². The van der Waals surface area contributed by atoms with E-state index in [0.717, 1.165) is 5.56 Å². The first-order valence-electron chi connectivity index (χ1n) is 11.3. The van der Waals surface area contributed by atoms with Crippen LogP contribution in [-0.2, 0) is 14.8 Å². The van der Waals surface area contributed by atoms with Gasteiger partial charge >= 0.3 is 0 Å². The number of sulfonamides is 1. The summed E-state index contributed by atoms with van der Waals surface area (Å²) in [6, 6.07) is 13.2. The Morgan fingerprint density at radius 1 is 1.17 bits per heavy atom. The van der Waals surface area contributed by atoms with Crippen molar-refractivity contribution in [2.24, 2.45) is 5.92 Å². The molecule has 1 saturated heterocycles. The number of aromatic amines is 1. The lowest BCUT2D eigenvalue weighted by Crippen LogP contribution is -2.43. The number of benzene rings is 2. The molecule has 2 N–H and O–H groups in total. The second kappa shape index (κ2) is 10.0. The molecular weight excluding hydrogens is 468 g/mol. The lowest BCUT2D eigenvalue weighted by atomic mass is 9.98. The number of ether oxygens (including phenoxy) is 1. The molecule has 0 bridgehead atoms. The third-order valence-corrected chi connectivity index (χ3v) is 7.89. The van der Waals surface area contributed by atoms with Gasteiger partial charge in [-0.3, -0.25) is 9.59 Å². The topological polar surface area (TPSA) is 121 Å². The Kier molecular flexibility index (Phi) is 7.04. The monoisotopic (exact) mass is 496 g/mol. The Morgan fingerprint density at radius 3 is 2.69 bits per heavy atom. The summed E-state index contributed by atoms with van der Waals surface area (Å²) in [7, 11) is -2.21. The predicted octanol–water partition coefficient (Wildman–Crippen LogP) is 3.10. The van der Waals surface area contributed by atoms with Crippen LogP contribution >= 0.6 is 0 Å². The quantitative estimate of drug-likeness (QED) is 0.541. The summed E-state index contributed by atoms with van der Waals surface area (Å²) in [5.74, 6) is 0.292. The summed E-state index contributed by atoms with van der Waals surface area (Å²) >= 11 is 0. The Balaban J connectivity index is 1.49. The molecule has 4 rings (SSSR count). The highest BCUT2D eigenvalue weighted by molar-refractivity contribution is 7.89. The maximum Gasteiger partial charge on any atom is 0.251 e. The number of anilines is 1. The standard InChI is InChI=1S/C25H28N4O5S/c1-16-12-21(9-10-22(16)34-3)35(32,33)29-11-5-7-19(15-29)25(31)27-20-8-4-6-18(14-20)24-26-17(2)13-23(30)28-24/h4,6,8-10,12-14,19H,5,7,11,15H2,1-3H3,(H,27,31)(H,26,28,30)/t19-/m1/s1. The number of methoxy groups -OCH3 is 1. The Morgan fingerprint density at radius 2 is 1.97 bits per heavy atom. The van der Waals surface area contributed by atoms with Crippen molar-refractivity contribution in [1.29, 1.82) is 0 Å².